The molecule has 1 heterocycles. The van der Waals surface area contributed by atoms with Gasteiger partial charge in [-0.2, -0.15) is 0 Å². The number of imide groups is 1. The molecule has 0 radical (unpaired) electrons. The van der Waals surface area contributed by atoms with Crippen molar-refractivity contribution in [1.82, 2.24) is 0 Å². The van der Waals surface area contributed by atoms with Crippen molar-refractivity contribution in [3.8, 4) is 0 Å². The van der Waals surface area contributed by atoms with Crippen LogP contribution in [0, 0.1) is 13.8 Å². The van der Waals surface area contributed by atoms with E-state index in [0.717, 1.165) is 16.0 Å². The summed E-state index contributed by atoms with van der Waals surface area (Å²) in [7, 11) is 0. The van der Waals surface area contributed by atoms with Crippen LogP contribution in [0.25, 0.3) is 0 Å². The van der Waals surface area contributed by atoms with Crippen LogP contribution in [0.3, 0.4) is 0 Å². The molecule has 3 aromatic carbocycles. The van der Waals surface area contributed by atoms with Crippen molar-refractivity contribution >= 4 is 52.4 Å². The summed E-state index contributed by atoms with van der Waals surface area (Å²) in [6.07, 6.45) is -0.258. The highest BCUT2D eigenvalue weighted by atomic mass is 35.5. The topological polar surface area (TPSA) is 105 Å². The number of amides is 3. The zero-order valence-corrected chi connectivity index (χ0v) is 22.1. The van der Waals surface area contributed by atoms with E-state index in [1.807, 2.05) is 19.9 Å². The van der Waals surface area contributed by atoms with Crippen LogP contribution in [0.5, 0.6) is 0 Å². The molecule has 194 valence electrons. The number of hydrogen-bond donors (Lipinski definition) is 2. The summed E-state index contributed by atoms with van der Waals surface area (Å²) in [4.78, 5) is 51.7. The van der Waals surface area contributed by atoms with Gasteiger partial charge in [-0.25, -0.2) is 9.69 Å². The molecule has 38 heavy (non-hydrogen) atoms. The van der Waals surface area contributed by atoms with Gasteiger partial charge in [-0.15, -0.1) is 0 Å². The molecule has 2 N–H and O–H groups in total. The van der Waals surface area contributed by atoms with Crippen molar-refractivity contribution in [3.05, 3.63) is 99.7 Å². The van der Waals surface area contributed by atoms with E-state index in [0.29, 0.717) is 28.2 Å². The number of carbonyl (C=O) groups is 4. The van der Waals surface area contributed by atoms with Gasteiger partial charge in [0, 0.05) is 16.9 Å². The Balaban J connectivity index is 1.45. The summed E-state index contributed by atoms with van der Waals surface area (Å²) in [5.41, 5.74) is 3.95. The van der Waals surface area contributed by atoms with Gasteiger partial charge >= 0.3 is 5.97 Å². The van der Waals surface area contributed by atoms with E-state index >= 15 is 0 Å². The van der Waals surface area contributed by atoms with Crippen molar-refractivity contribution in [2.24, 2.45) is 0 Å². The molecule has 0 spiro atoms. The average Bonchev–Trinajstić information content (AvgIpc) is 3.09. The number of aryl methyl sites for hydroxylation is 2. The summed E-state index contributed by atoms with van der Waals surface area (Å²) < 4.78 is 5.19. The summed E-state index contributed by atoms with van der Waals surface area (Å²) in [5, 5.41) is 5.43. The first-order valence-corrected chi connectivity index (χ1v) is 12.3. The lowest BCUT2D eigenvalue weighted by Gasteiger charge is -2.16. The molecule has 3 amide bonds. The molecule has 0 unspecified atom stereocenters. The van der Waals surface area contributed by atoms with Crippen LogP contribution < -0.4 is 15.5 Å². The Bertz CT molecular complexity index is 1480. The number of nitrogens with zero attached hydrogens (tertiary/aromatic N) is 1. The smallest absolute Gasteiger partial charge is 0.338 e. The lowest BCUT2D eigenvalue weighted by atomic mass is 10.1. The standard InChI is InChI=1S/C29H26ClN3O5/c1-16(2)38-29(37)20-6-5-7-22(15-20)32-26(34)19-9-11-21(12-10-19)31-25-24(30)27(35)33(28(25)36)23-13-8-17(3)18(4)14-23/h5-16,31H,1-4H3,(H,32,34). The lowest BCUT2D eigenvalue weighted by Crippen LogP contribution is -2.32. The van der Waals surface area contributed by atoms with Gasteiger partial charge in [-0.3, -0.25) is 14.4 Å². The van der Waals surface area contributed by atoms with Gasteiger partial charge in [-0.1, -0.05) is 23.7 Å². The van der Waals surface area contributed by atoms with Crippen LogP contribution in [-0.2, 0) is 14.3 Å². The van der Waals surface area contributed by atoms with Gasteiger partial charge in [0.05, 0.1) is 17.4 Å². The summed E-state index contributed by atoms with van der Waals surface area (Å²) in [6, 6.07) is 18.1. The van der Waals surface area contributed by atoms with Crippen LogP contribution in [0.1, 0.15) is 45.7 Å². The highest BCUT2D eigenvalue weighted by molar-refractivity contribution is 6.53. The van der Waals surface area contributed by atoms with Gasteiger partial charge in [0.2, 0.25) is 0 Å². The van der Waals surface area contributed by atoms with Crippen molar-refractivity contribution in [3.63, 3.8) is 0 Å². The summed E-state index contributed by atoms with van der Waals surface area (Å²) >= 11 is 6.23. The van der Waals surface area contributed by atoms with Crippen molar-refractivity contribution in [1.29, 1.82) is 0 Å². The number of halogens is 1. The average molecular weight is 532 g/mol. The molecule has 8 nitrogen and oxygen atoms in total. The number of esters is 1. The number of rotatable bonds is 7. The van der Waals surface area contributed by atoms with E-state index in [9.17, 15) is 19.2 Å². The van der Waals surface area contributed by atoms with E-state index in [2.05, 4.69) is 10.6 Å². The first-order valence-electron chi connectivity index (χ1n) is 11.9. The first-order chi connectivity index (χ1) is 18.0. The molecular weight excluding hydrogens is 506 g/mol. The Kier molecular flexibility index (Phi) is 7.64. The molecule has 3 aromatic rings. The highest BCUT2D eigenvalue weighted by Gasteiger charge is 2.39. The Labute approximate surface area is 225 Å². The number of nitrogens with one attached hydrogen (secondary N) is 2. The normalized spacial score (nSPS) is 13.3. The highest BCUT2D eigenvalue weighted by Crippen LogP contribution is 2.31. The predicted octanol–water partition coefficient (Wildman–Crippen LogP) is 5.56. The van der Waals surface area contributed by atoms with Crippen molar-refractivity contribution in [2.75, 3.05) is 15.5 Å². The number of hydrogen-bond acceptors (Lipinski definition) is 6. The number of carbonyl (C=O) groups excluding carboxylic acids is 4. The second-order valence-corrected chi connectivity index (χ2v) is 9.47. The van der Waals surface area contributed by atoms with Gasteiger partial charge < -0.3 is 15.4 Å². The maximum Gasteiger partial charge on any atom is 0.338 e. The molecule has 9 heteroatoms. The van der Waals surface area contributed by atoms with E-state index in [1.165, 1.54) is 6.07 Å². The molecule has 0 saturated heterocycles. The fourth-order valence-electron chi connectivity index (χ4n) is 3.77. The van der Waals surface area contributed by atoms with Crippen LogP contribution in [-0.4, -0.2) is 29.8 Å². The van der Waals surface area contributed by atoms with Gasteiger partial charge in [0.25, 0.3) is 17.7 Å². The van der Waals surface area contributed by atoms with Crippen LogP contribution >= 0.6 is 11.6 Å². The molecule has 4 rings (SSSR count). The van der Waals surface area contributed by atoms with Gasteiger partial charge in [-0.05, 0) is 93.4 Å². The monoisotopic (exact) mass is 531 g/mol. The second-order valence-electron chi connectivity index (χ2n) is 9.09. The van der Waals surface area contributed by atoms with E-state index in [1.54, 1.807) is 68.4 Å². The minimum absolute atomic E-state index is 0.0443. The molecule has 1 aliphatic heterocycles. The van der Waals surface area contributed by atoms with Crippen LogP contribution in [0.15, 0.2) is 77.5 Å². The maximum absolute atomic E-state index is 13.0. The second kappa shape index (κ2) is 10.9. The number of anilines is 3. The largest absolute Gasteiger partial charge is 0.459 e. The van der Waals surface area contributed by atoms with Crippen LogP contribution in [0.2, 0.25) is 0 Å². The summed E-state index contributed by atoms with van der Waals surface area (Å²) in [5.74, 6) is -2.05. The third-order valence-corrected chi connectivity index (χ3v) is 6.24. The molecule has 0 aliphatic carbocycles. The Morgan fingerprint density at radius 2 is 1.55 bits per heavy atom. The first kappa shape index (κ1) is 26.6. The zero-order chi connectivity index (χ0) is 27.6. The molecule has 0 aromatic heterocycles. The molecule has 0 atom stereocenters. The van der Waals surface area contributed by atoms with E-state index in [4.69, 9.17) is 16.3 Å². The lowest BCUT2D eigenvalue weighted by molar-refractivity contribution is -0.120. The number of benzene rings is 3. The minimum atomic E-state index is -0.613. The SMILES string of the molecule is Cc1ccc(N2C(=O)C(Cl)=C(Nc3ccc(C(=O)Nc4cccc(C(=O)OC(C)C)c4)cc3)C2=O)cc1C. The predicted molar refractivity (Wildman–Crippen MR) is 146 cm³/mol. The quantitative estimate of drug-likeness (QED) is 0.305. The van der Waals surface area contributed by atoms with Crippen molar-refractivity contribution < 1.29 is 23.9 Å². The Morgan fingerprint density at radius 1 is 0.842 bits per heavy atom. The fourth-order valence-corrected chi connectivity index (χ4v) is 3.98. The third-order valence-electron chi connectivity index (χ3n) is 5.89. The fraction of sp³-hybridized carbons (Fsp3) is 0.172. The zero-order valence-electron chi connectivity index (χ0n) is 21.3. The van der Waals surface area contributed by atoms with E-state index in [-0.39, 0.29) is 16.8 Å². The molecule has 1 aliphatic rings. The van der Waals surface area contributed by atoms with Gasteiger partial charge in [0.15, 0.2) is 0 Å². The number of ether oxygens (including phenoxy) is 1. The summed E-state index contributed by atoms with van der Waals surface area (Å²) in [6.45, 7) is 7.35. The van der Waals surface area contributed by atoms with E-state index < -0.39 is 23.7 Å². The van der Waals surface area contributed by atoms with Crippen LogP contribution in [0.4, 0.5) is 17.1 Å². The Hall–Kier alpha value is -4.43. The molecule has 0 saturated carbocycles. The molecule has 0 fully saturated rings. The maximum atomic E-state index is 13.0. The molecular formula is C29H26ClN3O5. The molecule has 0 bridgehead atoms. The third kappa shape index (κ3) is 5.60. The van der Waals surface area contributed by atoms with Crippen molar-refractivity contribution in [2.45, 2.75) is 33.8 Å². The van der Waals surface area contributed by atoms with Gasteiger partial charge in [0.1, 0.15) is 10.7 Å². The minimum Gasteiger partial charge on any atom is -0.459 e. The Morgan fingerprint density at radius 3 is 2.21 bits per heavy atom.